The summed E-state index contributed by atoms with van der Waals surface area (Å²) in [6.07, 6.45) is 4.30. The van der Waals surface area contributed by atoms with E-state index < -0.39 is 5.60 Å². The Labute approximate surface area is 88.1 Å². The molecular weight excluding hydrogens is 174 g/mol. The van der Waals surface area contributed by atoms with Gasteiger partial charge in [-0.15, -0.1) is 0 Å². The van der Waals surface area contributed by atoms with E-state index in [0.717, 1.165) is 12.8 Å². The Balaban J connectivity index is 2.65. The molecule has 2 heteroatoms. The van der Waals surface area contributed by atoms with Gasteiger partial charge in [0.2, 0.25) is 0 Å². The highest BCUT2D eigenvalue weighted by Gasteiger charge is 2.40. The van der Waals surface area contributed by atoms with Crippen molar-refractivity contribution in [2.24, 2.45) is 5.92 Å². The minimum Gasteiger partial charge on any atom is -0.388 e. The minimum atomic E-state index is -0.446. The number of aliphatic hydroxyl groups is 1. The number of hydrogen-bond acceptors (Lipinski definition) is 2. The molecule has 0 spiro atoms. The summed E-state index contributed by atoms with van der Waals surface area (Å²) >= 11 is 0. The van der Waals surface area contributed by atoms with Gasteiger partial charge in [-0.3, -0.25) is 0 Å². The van der Waals surface area contributed by atoms with Gasteiger partial charge in [0, 0.05) is 12.1 Å². The molecular formula is C12H25NO. The van der Waals surface area contributed by atoms with Crippen LogP contribution in [0.1, 0.15) is 53.4 Å². The summed E-state index contributed by atoms with van der Waals surface area (Å²) in [7, 11) is 0. The van der Waals surface area contributed by atoms with Crippen molar-refractivity contribution >= 4 is 0 Å². The van der Waals surface area contributed by atoms with Crippen molar-refractivity contribution in [3.05, 3.63) is 0 Å². The van der Waals surface area contributed by atoms with Gasteiger partial charge < -0.3 is 10.4 Å². The Morgan fingerprint density at radius 2 is 1.57 bits per heavy atom. The van der Waals surface area contributed by atoms with E-state index in [4.69, 9.17) is 0 Å². The molecule has 1 unspecified atom stereocenters. The van der Waals surface area contributed by atoms with Crippen molar-refractivity contribution in [1.29, 1.82) is 0 Å². The normalized spacial score (nSPS) is 23.4. The highest BCUT2D eigenvalue weighted by Crippen LogP contribution is 2.35. The fraction of sp³-hybridized carbons (Fsp3) is 1.00. The predicted molar refractivity (Wildman–Crippen MR) is 60.3 cm³/mol. The van der Waals surface area contributed by atoms with Gasteiger partial charge >= 0.3 is 0 Å². The maximum atomic E-state index is 10.5. The molecule has 14 heavy (non-hydrogen) atoms. The molecule has 84 valence electrons. The largest absolute Gasteiger partial charge is 0.388 e. The third kappa shape index (κ3) is 2.71. The van der Waals surface area contributed by atoms with Crippen LogP contribution in [0.15, 0.2) is 0 Å². The molecule has 0 radical (unpaired) electrons. The van der Waals surface area contributed by atoms with Gasteiger partial charge in [0.25, 0.3) is 0 Å². The van der Waals surface area contributed by atoms with Crippen molar-refractivity contribution in [3.8, 4) is 0 Å². The molecule has 1 fully saturated rings. The van der Waals surface area contributed by atoms with Crippen molar-refractivity contribution in [1.82, 2.24) is 5.32 Å². The van der Waals surface area contributed by atoms with E-state index >= 15 is 0 Å². The lowest BCUT2D eigenvalue weighted by atomic mass is 9.84. The average Bonchev–Trinajstić information content (AvgIpc) is 2.48. The third-order valence-electron chi connectivity index (χ3n) is 3.23. The van der Waals surface area contributed by atoms with E-state index in [1.165, 1.54) is 12.8 Å². The second-order valence-corrected chi connectivity index (χ2v) is 5.35. The lowest BCUT2D eigenvalue weighted by Crippen LogP contribution is -2.54. The monoisotopic (exact) mass is 199 g/mol. The second kappa shape index (κ2) is 4.63. The topological polar surface area (TPSA) is 32.3 Å². The summed E-state index contributed by atoms with van der Waals surface area (Å²) < 4.78 is 0. The van der Waals surface area contributed by atoms with Crippen LogP contribution in [0.5, 0.6) is 0 Å². The van der Waals surface area contributed by atoms with Crippen LogP contribution < -0.4 is 5.32 Å². The molecule has 0 aromatic heterocycles. The lowest BCUT2D eigenvalue weighted by Gasteiger charge is -2.37. The molecule has 0 heterocycles. The van der Waals surface area contributed by atoms with Gasteiger partial charge in [0.05, 0.1) is 5.60 Å². The fourth-order valence-electron chi connectivity index (χ4n) is 2.63. The first-order chi connectivity index (χ1) is 6.46. The molecule has 1 aliphatic carbocycles. The molecule has 0 saturated heterocycles. The molecule has 0 aromatic rings. The van der Waals surface area contributed by atoms with Gasteiger partial charge in [-0.25, -0.2) is 0 Å². The maximum absolute atomic E-state index is 10.5. The summed E-state index contributed by atoms with van der Waals surface area (Å²) in [6, 6.07) is 0.706. The summed E-state index contributed by atoms with van der Waals surface area (Å²) in [5, 5.41) is 14.0. The maximum Gasteiger partial charge on any atom is 0.0802 e. The number of hydrogen-bond donors (Lipinski definition) is 2. The van der Waals surface area contributed by atoms with E-state index in [9.17, 15) is 5.11 Å². The summed E-state index contributed by atoms with van der Waals surface area (Å²) in [5.41, 5.74) is -0.446. The van der Waals surface area contributed by atoms with Crippen LogP contribution in [0.25, 0.3) is 0 Å². The Kier molecular flexibility index (Phi) is 3.96. The van der Waals surface area contributed by atoms with Crippen LogP contribution in [0, 0.1) is 5.92 Å². The molecule has 0 aromatic carbocycles. The minimum absolute atomic E-state index is 0.255. The first-order valence-electron chi connectivity index (χ1n) is 5.94. The van der Waals surface area contributed by atoms with Gasteiger partial charge in [0.1, 0.15) is 0 Å². The second-order valence-electron chi connectivity index (χ2n) is 5.35. The van der Waals surface area contributed by atoms with Gasteiger partial charge in [0.15, 0.2) is 0 Å². The highest BCUT2D eigenvalue weighted by molar-refractivity contribution is 4.97. The van der Waals surface area contributed by atoms with E-state index in [2.05, 4.69) is 33.0 Å². The Morgan fingerprint density at radius 1 is 1.07 bits per heavy atom. The van der Waals surface area contributed by atoms with Gasteiger partial charge in [-0.2, -0.15) is 0 Å². The van der Waals surface area contributed by atoms with Crippen LogP contribution in [0.3, 0.4) is 0 Å². The third-order valence-corrected chi connectivity index (χ3v) is 3.23. The van der Waals surface area contributed by atoms with Crippen LogP contribution in [0.2, 0.25) is 0 Å². The lowest BCUT2D eigenvalue weighted by molar-refractivity contribution is -0.0108. The first kappa shape index (κ1) is 12.0. The van der Waals surface area contributed by atoms with Gasteiger partial charge in [-0.05, 0) is 18.8 Å². The van der Waals surface area contributed by atoms with Gasteiger partial charge in [-0.1, -0.05) is 40.5 Å². The molecule has 1 saturated carbocycles. The Morgan fingerprint density at radius 3 is 1.93 bits per heavy atom. The molecule has 2 nitrogen and oxygen atoms in total. The predicted octanol–water partition coefficient (Wildman–Crippen LogP) is 2.31. The molecule has 1 rings (SSSR count). The zero-order valence-corrected chi connectivity index (χ0v) is 10.0. The standard InChI is InChI=1S/C12H25NO/c1-9(2)11(13-10(3)4)12(14)7-5-6-8-12/h9-11,13-14H,5-8H2,1-4H3. The summed E-state index contributed by atoms with van der Waals surface area (Å²) in [4.78, 5) is 0. The van der Waals surface area contributed by atoms with Crippen LogP contribution in [-0.2, 0) is 0 Å². The molecule has 2 N–H and O–H groups in total. The highest BCUT2D eigenvalue weighted by atomic mass is 16.3. The Hall–Kier alpha value is -0.0800. The molecule has 0 amide bonds. The van der Waals surface area contributed by atoms with E-state index in [1.807, 2.05) is 0 Å². The Bertz CT molecular complexity index is 171. The molecule has 0 aliphatic heterocycles. The smallest absolute Gasteiger partial charge is 0.0802 e. The van der Waals surface area contributed by atoms with Crippen LogP contribution >= 0.6 is 0 Å². The first-order valence-corrected chi connectivity index (χ1v) is 5.94. The van der Waals surface area contributed by atoms with Crippen LogP contribution in [-0.4, -0.2) is 22.8 Å². The van der Waals surface area contributed by atoms with E-state index in [1.54, 1.807) is 0 Å². The molecule has 1 aliphatic rings. The summed E-state index contributed by atoms with van der Waals surface area (Å²) in [5.74, 6) is 0.500. The zero-order valence-electron chi connectivity index (χ0n) is 10.0. The fourth-order valence-corrected chi connectivity index (χ4v) is 2.63. The van der Waals surface area contributed by atoms with E-state index in [0.29, 0.717) is 12.0 Å². The summed E-state index contributed by atoms with van der Waals surface area (Å²) in [6.45, 7) is 8.67. The number of rotatable bonds is 4. The van der Waals surface area contributed by atoms with E-state index in [-0.39, 0.29) is 6.04 Å². The SMILES string of the molecule is CC(C)NC(C(C)C)C1(O)CCCC1. The van der Waals surface area contributed by atoms with Crippen molar-refractivity contribution in [2.75, 3.05) is 0 Å². The van der Waals surface area contributed by atoms with Crippen LogP contribution in [0.4, 0.5) is 0 Å². The number of nitrogens with one attached hydrogen (secondary N) is 1. The van der Waals surface area contributed by atoms with Crippen molar-refractivity contribution in [2.45, 2.75) is 71.1 Å². The van der Waals surface area contributed by atoms with Crippen molar-refractivity contribution < 1.29 is 5.11 Å². The molecule has 0 bridgehead atoms. The van der Waals surface area contributed by atoms with Crippen molar-refractivity contribution in [3.63, 3.8) is 0 Å². The average molecular weight is 199 g/mol. The quantitative estimate of drug-likeness (QED) is 0.728. The molecule has 1 atom stereocenters. The zero-order chi connectivity index (χ0) is 10.8.